The van der Waals surface area contributed by atoms with E-state index in [0.717, 1.165) is 4.47 Å². The number of benzene rings is 1. The molecule has 1 saturated carbocycles. The normalized spacial score (nSPS) is 19.9. The van der Waals surface area contributed by atoms with Crippen molar-refractivity contribution in [2.75, 3.05) is 5.73 Å². The van der Waals surface area contributed by atoms with Crippen molar-refractivity contribution in [1.29, 1.82) is 0 Å². The zero-order chi connectivity index (χ0) is 13.6. The van der Waals surface area contributed by atoms with Crippen LogP contribution in [0.4, 0.5) is 14.5 Å². The molecule has 19 heavy (non-hydrogen) atoms. The third kappa shape index (κ3) is 2.45. The number of aromatic nitrogens is 1. The first-order valence-electron chi connectivity index (χ1n) is 6.18. The van der Waals surface area contributed by atoms with E-state index in [9.17, 15) is 8.78 Å². The molecule has 1 aromatic heterocycles. The van der Waals surface area contributed by atoms with Gasteiger partial charge < -0.3 is 10.2 Å². The predicted octanol–water partition coefficient (Wildman–Crippen LogP) is 4.47. The maximum Gasteiger partial charge on any atom is 0.248 e. The number of oxazole rings is 1. The van der Waals surface area contributed by atoms with Crippen LogP contribution in [0.1, 0.15) is 37.5 Å². The Balaban J connectivity index is 1.92. The Morgan fingerprint density at radius 2 is 2.00 bits per heavy atom. The van der Waals surface area contributed by atoms with Crippen molar-refractivity contribution in [2.45, 2.75) is 37.5 Å². The monoisotopic (exact) mass is 330 g/mol. The van der Waals surface area contributed by atoms with E-state index < -0.39 is 5.92 Å². The molecule has 1 aromatic carbocycles. The van der Waals surface area contributed by atoms with Gasteiger partial charge in [-0.1, -0.05) is 15.9 Å². The van der Waals surface area contributed by atoms with Gasteiger partial charge in [0.05, 0.1) is 5.69 Å². The van der Waals surface area contributed by atoms with E-state index in [1.807, 2.05) is 6.07 Å². The molecule has 1 aliphatic carbocycles. The molecule has 102 valence electrons. The highest BCUT2D eigenvalue weighted by molar-refractivity contribution is 9.10. The lowest BCUT2D eigenvalue weighted by Crippen LogP contribution is -2.23. The van der Waals surface area contributed by atoms with Gasteiger partial charge in [-0.15, -0.1) is 0 Å². The van der Waals surface area contributed by atoms with E-state index in [1.54, 1.807) is 6.07 Å². The molecule has 3 nitrogen and oxygen atoms in total. The van der Waals surface area contributed by atoms with Gasteiger partial charge in [0.15, 0.2) is 11.5 Å². The minimum Gasteiger partial charge on any atom is -0.438 e. The first kappa shape index (κ1) is 12.8. The van der Waals surface area contributed by atoms with Gasteiger partial charge in [-0.3, -0.25) is 0 Å². The lowest BCUT2D eigenvalue weighted by atomic mass is 9.87. The molecule has 0 amide bonds. The molecular weight excluding hydrogens is 318 g/mol. The number of halogens is 3. The molecule has 2 N–H and O–H groups in total. The first-order valence-corrected chi connectivity index (χ1v) is 6.97. The number of nitrogens with two attached hydrogens (primary N) is 1. The van der Waals surface area contributed by atoms with E-state index in [2.05, 4.69) is 20.9 Å². The van der Waals surface area contributed by atoms with E-state index in [-0.39, 0.29) is 18.8 Å². The Hall–Kier alpha value is -1.17. The average molecular weight is 331 g/mol. The fourth-order valence-corrected chi connectivity index (χ4v) is 2.97. The van der Waals surface area contributed by atoms with Crippen LogP contribution in [0.3, 0.4) is 0 Å². The molecule has 1 aliphatic rings. The van der Waals surface area contributed by atoms with Gasteiger partial charge in [0.1, 0.15) is 5.52 Å². The summed E-state index contributed by atoms with van der Waals surface area (Å²) in [7, 11) is 0. The van der Waals surface area contributed by atoms with E-state index in [1.165, 1.54) is 0 Å². The molecule has 0 spiro atoms. The topological polar surface area (TPSA) is 52.0 Å². The molecule has 0 radical (unpaired) electrons. The van der Waals surface area contributed by atoms with Gasteiger partial charge in [-0.05, 0) is 25.0 Å². The van der Waals surface area contributed by atoms with Crippen LogP contribution in [0.5, 0.6) is 0 Å². The molecule has 6 heteroatoms. The minimum absolute atomic E-state index is 0.0369. The fraction of sp³-hybridized carbons (Fsp3) is 0.462. The number of nitrogens with zero attached hydrogens (tertiary/aromatic N) is 1. The third-order valence-electron chi connectivity index (χ3n) is 3.57. The zero-order valence-corrected chi connectivity index (χ0v) is 11.7. The number of hydrogen-bond acceptors (Lipinski definition) is 3. The van der Waals surface area contributed by atoms with Crippen molar-refractivity contribution in [1.82, 2.24) is 4.98 Å². The number of fused-ring (bicyclic) bond motifs is 1. The SMILES string of the molecule is Nc1cc(Br)cc2nc(C3CCC(F)(F)CC3)oc12. The first-order chi connectivity index (χ1) is 8.94. The van der Waals surface area contributed by atoms with E-state index in [0.29, 0.717) is 35.5 Å². The maximum absolute atomic E-state index is 13.1. The summed E-state index contributed by atoms with van der Waals surface area (Å²) in [5, 5.41) is 0. The second-order valence-electron chi connectivity index (χ2n) is 5.03. The lowest BCUT2D eigenvalue weighted by Gasteiger charge is -2.26. The molecule has 0 bridgehead atoms. The average Bonchev–Trinajstić information content (AvgIpc) is 2.72. The van der Waals surface area contributed by atoms with Crippen LogP contribution in [0, 0.1) is 0 Å². The Labute approximate surface area is 117 Å². The summed E-state index contributed by atoms with van der Waals surface area (Å²) in [5.41, 5.74) is 7.57. The van der Waals surface area contributed by atoms with Crippen LogP contribution in [-0.4, -0.2) is 10.9 Å². The highest BCUT2D eigenvalue weighted by Gasteiger charge is 2.37. The van der Waals surface area contributed by atoms with Crippen molar-refractivity contribution in [3.63, 3.8) is 0 Å². The van der Waals surface area contributed by atoms with Crippen LogP contribution in [0.15, 0.2) is 21.0 Å². The van der Waals surface area contributed by atoms with Crippen molar-refractivity contribution < 1.29 is 13.2 Å². The largest absolute Gasteiger partial charge is 0.438 e. The summed E-state index contributed by atoms with van der Waals surface area (Å²) in [6, 6.07) is 3.56. The fourth-order valence-electron chi connectivity index (χ4n) is 2.50. The quantitative estimate of drug-likeness (QED) is 0.785. The maximum atomic E-state index is 13.1. The van der Waals surface area contributed by atoms with Crippen LogP contribution in [0.2, 0.25) is 0 Å². The molecule has 1 heterocycles. The molecule has 0 unspecified atom stereocenters. The number of anilines is 1. The second kappa shape index (κ2) is 4.44. The van der Waals surface area contributed by atoms with Crippen molar-refractivity contribution in [2.24, 2.45) is 0 Å². The van der Waals surface area contributed by atoms with Crippen LogP contribution < -0.4 is 5.73 Å². The Kier molecular flexibility index (Phi) is 3.00. The van der Waals surface area contributed by atoms with Crippen molar-refractivity contribution in [3.05, 3.63) is 22.5 Å². The molecule has 0 aliphatic heterocycles. The van der Waals surface area contributed by atoms with Crippen LogP contribution in [0.25, 0.3) is 11.1 Å². The number of nitrogen functional groups attached to an aromatic ring is 1. The van der Waals surface area contributed by atoms with Gasteiger partial charge >= 0.3 is 0 Å². The summed E-state index contributed by atoms with van der Waals surface area (Å²) in [6.45, 7) is 0. The number of alkyl halides is 2. The van der Waals surface area contributed by atoms with Gasteiger partial charge in [0.25, 0.3) is 0 Å². The third-order valence-corrected chi connectivity index (χ3v) is 4.02. The molecule has 3 rings (SSSR count). The van der Waals surface area contributed by atoms with E-state index in [4.69, 9.17) is 10.2 Å². The Morgan fingerprint density at radius 1 is 1.32 bits per heavy atom. The second-order valence-corrected chi connectivity index (χ2v) is 5.94. The Bertz CT molecular complexity index is 616. The molecule has 2 aromatic rings. The van der Waals surface area contributed by atoms with E-state index >= 15 is 0 Å². The molecule has 1 fully saturated rings. The summed E-state index contributed by atoms with van der Waals surface area (Å²) >= 11 is 3.34. The predicted molar refractivity (Wildman–Crippen MR) is 72.3 cm³/mol. The standard InChI is InChI=1S/C13H13BrF2N2O/c14-8-5-9(17)11-10(6-8)18-12(19-11)7-1-3-13(15,16)4-2-7/h5-7H,1-4,17H2. The highest BCUT2D eigenvalue weighted by atomic mass is 79.9. The van der Waals surface area contributed by atoms with Crippen molar-refractivity contribution in [3.8, 4) is 0 Å². The number of rotatable bonds is 1. The van der Waals surface area contributed by atoms with Crippen molar-refractivity contribution >= 4 is 32.7 Å². The zero-order valence-electron chi connectivity index (χ0n) is 10.1. The summed E-state index contributed by atoms with van der Waals surface area (Å²) in [5.74, 6) is -2.05. The minimum atomic E-state index is -2.54. The van der Waals surface area contributed by atoms with Gasteiger partial charge in [-0.25, -0.2) is 13.8 Å². The van der Waals surface area contributed by atoms with Crippen LogP contribution in [-0.2, 0) is 0 Å². The molecule has 0 saturated heterocycles. The Morgan fingerprint density at radius 3 is 2.68 bits per heavy atom. The smallest absolute Gasteiger partial charge is 0.248 e. The summed E-state index contributed by atoms with van der Waals surface area (Å²) in [4.78, 5) is 4.38. The molecular formula is C13H13BrF2N2O. The lowest BCUT2D eigenvalue weighted by molar-refractivity contribution is -0.0397. The van der Waals surface area contributed by atoms with Gasteiger partial charge in [-0.2, -0.15) is 0 Å². The summed E-state index contributed by atoms with van der Waals surface area (Å²) < 4.78 is 32.8. The molecule has 0 atom stereocenters. The summed E-state index contributed by atoms with van der Waals surface area (Å²) in [6.07, 6.45) is 0.604. The number of hydrogen-bond donors (Lipinski definition) is 1. The van der Waals surface area contributed by atoms with Gasteiger partial charge in [0, 0.05) is 23.2 Å². The van der Waals surface area contributed by atoms with Crippen LogP contribution >= 0.6 is 15.9 Å². The highest BCUT2D eigenvalue weighted by Crippen LogP contribution is 2.41. The van der Waals surface area contributed by atoms with Gasteiger partial charge in [0.2, 0.25) is 5.92 Å².